The van der Waals surface area contributed by atoms with Crippen molar-refractivity contribution in [3.8, 4) is 11.5 Å². The molecular weight excluding hydrogens is 529 g/mol. The molecule has 212 valence electrons. The molecule has 0 fully saturated rings. The highest BCUT2D eigenvalue weighted by molar-refractivity contribution is 6.12. The lowest BCUT2D eigenvalue weighted by Gasteiger charge is -2.33. The summed E-state index contributed by atoms with van der Waals surface area (Å²) in [5, 5.41) is 9.11. The van der Waals surface area contributed by atoms with Gasteiger partial charge in [0.15, 0.2) is 0 Å². The van der Waals surface area contributed by atoms with Crippen molar-refractivity contribution < 1.29 is 42.1 Å². The van der Waals surface area contributed by atoms with E-state index in [1.54, 1.807) is 36.4 Å². The third-order valence-electron chi connectivity index (χ3n) is 6.17. The molecule has 0 bridgehead atoms. The van der Waals surface area contributed by atoms with Gasteiger partial charge >= 0.3 is 12.1 Å². The minimum atomic E-state index is -4.67. The van der Waals surface area contributed by atoms with Crippen molar-refractivity contribution in [3.63, 3.8) is 0 Å². The molecule has 40 heavy (non-hydrogen) atoms. The van der Waals surface area contributed by atoms with E-state index in [-0.39, 0.29) is 30.6 Å². The van der Waals surface area contributed by atoms with Crippen LogP contribution in [-0.4, -0.2) is 49.7 Å². The number of carbonyl (C=O) groups is 3. The number of carboxylic acid groups (broad SMARTS) is 1. The molecule has 3 rings (SSSR count). The smallest absolute Gasteiger partial charge is 0.416 e. The Morgan fingerprint density at radius 1 is 0.875 bits per heavy atom. The topological polar surface area (TPSA) is 96.4 Å². The number of aliphatic carboxylic acids is 1. The Hall–Kier alpha value is -4.54. The van der Waals surface area contributed by atoms with Gasteiger partial charge in [-0.05, 0) is 80.1 Å². The highest BCUT2D eigenvalue weighted by Crippen LogP contribution is 2.31. The fraction of sp³-hybridized carbons (Fsp3) is 0.276. The van der Waals surface area contributed by atoms with Crippen molar-refractivity contribution in [1.29, 1.82) is 0 Å². The van der Waals surface area contributed by atoms with E-state index in [1.807, 2.05) is 0 Å². The zero-order valence-corrected chi connectivity index (χ0v) is 22.1. The Morgan fingerprint density at radius 3 is 1.93 bits per heavy atom. The van der Waals surface area contributed by atoms with Crippen molar-refractivity contribution in [2.75, 3.05) is 30.6 Å². The summed E-state index contributed by atoms with van der Waals surface area (Å²) in [7, 11) is 2.94. The lowest BCUT2D eigenvalue weighted by molar-refractivity contribution is -0.138. The van der Waals surface area contributed by atoms with Crippen LogP contribution < -0.4 is 19.3 Å². The first kappa shape index (κ1) is 30.0. The predicted octanol–water partition coefficient (Wildman–Crippen LogP) is 5.66. The maximum absolute atomic E-state index is 13.9. The quantitative estimate of drug-likeness (QED) is 0.327. The molecule has 11 heteroatoms. The maximum Gasteiger partial charge on any atom is 0.416 e. The number of halogens is 3. The third-order valence-corrected chi connectivity index (χ3v) is 6.17. The van der Waals surface area contributed by atoms with Crippen molar-refractivity contribution in [2.45, 2.75) is 32.0 Å². The van der Waals surface area contributed by atoms with Crippen LogP contribution in [0.5, 0.6) is 11.5 Å². The van der Waals surface area contributed by atoms with E-state index in [4.69, 9.17) is 14.6 Å². The summed E-state index contributed by atoms with van der Waals surface area (Å²) in [6.07, 6.45) is -4.73. The summed E-state index contributed by atoms with van der Waals surface area (Å²) in [5.41, 5.74) is -0.568. The molecule has 0 heterocycles. The van der Waals surface area contributed by atoms with Gasteiger partial charge in [0.25, 0.3) is 5.91 Å². The van der Waals surface area contributed by atoms with Crippen LogP contribution in [0.4, 0.5) is 24.5 Å². The van der Waals surface area contributed by atoms with Crippen LogP contribution in [0.3, 0.4) is 0 Å². The first-order valence-electron chi connectivity index (χ1n) is 12.3. The number of benzene rings is 3. The number of carboxylic acids is 1. The van der Waals surface area contributed by atoms with Crippen molar-refractivity contribution >= 4 is 29.2 Å². The zero-order valence-electron chi connectivity index (χ0n) is 22.1. The van der Waals surface area contributed by atoms with Crippen LogP contribution in [0.15, 0.2) is 72.8 Å². The molecular formula is C29H29F3N2O6. The first-order valence-corrected chi connectivity index (χ1v) is 12.3. The van der Waals surface area contributed by atoms with Gasteiger partial charge in [-0.2, -0.15) is 13.2 Å². The number of nitrogens with zero attached hydrogens (tertiary/aromatic N) is 2. The highest BCUT2D eigenvalue weighted by atomic mass is 19.4. The Balaban J connectivity index is 2.05. The van der Waals surface area contributed by atoms with E-state index in [0.29, 0.717) is 17.2 Å². The van der Waals surface area contributed by atoms with E-state index in [2.05, 4.69) is 0 Å². The van der Waals surface area contributed by atoms with Crippen LogP contribution in [0.1, 0.15) is 35.7 Å². The molecule has 0 spiro atoms. The normalized spacial score (nSPS) is 11.8. The number of ether oxygens (including phenoxy) is 2. The Kier molecular flexibility index (Phi) is 9.76. The molecule has 8 nitrogen and oxygen atoms in total. The zero-order chi connectivity index (χ0) is 29.4. The summed E-state index contributed by atoms with van der Waals surface area (Å²) in [4.78, 5) is 41.3. The Labute approximate surface area is 229 Å². The summed E-state index contributed by atoms with van der Waals surface area (Å²) in [5.74, 6) is -1.41. The molecule has 1 atom stereocenters. The minimum Gasteiger partial charge on any atom is -0.497 e. The number of carbonyl (C=O) groups excluding carboxylic acids is 2. The molecule has 0 aromatic heterocycles. The predicted molar refractivity (Wildman–Crippen MR) is 143 cm³/mol. The maximum atomic E-state index is 13.9. The van der Waals surface area contributed by atoms with Gasteiger partial charge in [0.1, 0.15) is 17.5 Å². The first-order chi connectivity index (χ1) is 19.0. The largest absolute Gasteiger partial charge is 0.497 e. The Bertz CT molecular complexity index is 1330. The number of amides is 2. The third kappa shape index (κ3) is 7.31. The molecule has 3 aromatic rings. The molecule has 0 radical (unpaired) electrons. The van der Waals surface area contributed by atoms with Gasteiger partial charge in [0.2, 0.25) is 5.91 Å². The number of hydrogen-bond donors (Lipinski definition) is 1. The molecule has 0 saturated heterocycles. The number of anilines is 2. The molecule has 0 aliphatic rings. The van der Waals surface area contributed by atoms with E-state index < -0.39 is 35.6 Å². The second-order valence-corrected chi connectivity index (χ2v) is 8.81. The van der Waals surface area contributed by atoms with Crippen LogP contribution in [0.25, 0.3) is 0 Å². The van der Waals surface area contributed by atoms with Crippen LogP contribution in [0.2, 0.25) is 0 Å². The second kappa shape index (κ2) is 13.0. The van der Waals surface area contributed by atoms with Crippen molar-refractivity contribution in [1.82, 2.24) is 0 Å². The summed E-state index contributed by atoms with van der Waals surface area (Å²) in [6, 6.07) is 15.5. The standard InChI is InChI=1S/C29H29F3N2O6/c1-19(27(37)33(17-5-8-26(35)36)22-9-13-24(39-2)14-10-22)34(23-11-15-25(40-3)16-12-23)28(38)20-6-4-7-21(18-20)29(30,31)32/h4,6-7,9-16,18-19H,5,8,17H2,1-3H3,(H,35,36). The van der Waals surface area contributed by atoms with E-state index >= 15 is 0 Å². The minimum absolute atomic E-state index is 0.0238. The van der Waals surface area contributed by atoms with Gasteiger partial charge < -0.3 is 19.5 Å². The second-order valence-electron chi connectivity index (χ2n) is 8.81. The summed E-state index contributed by atoms with van der Waals surface area (Å²) >= 11 is 0. The lowest BCUT2D eigenvalue weighted by Crippen LogP contribution is -2.50. The van der Waals surface area contributed by atoms with Crippen molar-refractivity contribution in [3.05, 3.63) is 83.9 Å². The Morgan fingerprint density at radius 2 is 1.43 bits per heavy atom. The molecule has 2 amide bonds. The molecule has 1 N–H and O–H groups in total. The van der Waals surface area contributed by atoms with Crippen LogP contribution in [0, 0.1) is 0 Å². The summed E-state index contributed by atoms with van der Waals surface area (Å²) in [6.45, 7) is 1.49. The SMILES string of the molecule is COc1ccc(N(CCCC(=O)O)C(=O)C(C)N(C(=O)c2cccc(C(F)(F)F)c2)c2ccc(OC)cc2)cc1. The van der Waals surface area contributed by atoms with Crippen LogP contribution in [-0.2, 0) is 15.8 Å². The summed E-state index contributed by atoms with van der Waals surface area (Å²) < 4.78 is 50.5. The van der Waals surface area contributed by atoms with Crippen molar-refractivity contribution in [2.24, 2.45) is 0 Å². The van der Waals surface area contributed by atoms with Gasteiger partial charge in [-0.3, -0.25) is 19.3 Å². The van der Waals surface area contributed by atoms with E-state index in [9.17, 15) is 27.6 Å². The molecule has 0 aliphatic heterocycles. The monoisotopic (exact) mass is 558 g/mol. The number of methoxy groups -OCH3 is 2. The number of hydrogen-bond acceptors (Lipinski definition) is 5. The van der Waals surface area contributed by atoms with Gasteiger partial charge in [-0.15, -0.1) is 0 Å². The van der Waals surface area contributed by atoms with E-state index in [0.717, 1.165) is 23.1 Å². The molecule has 1 unspecified atom stereocenters. The number of alkyl halides is 3. The fourth-order valence-electron chi connectivity index (χ4n) is 4.08. The molecule has 3 aromatic carbocycles. The average Bonchev–Trinajstić information content (AvgIpc) is 2.95. The van der Waals surface area contributed by atoms with Gasteiger partial charge in [-0.1, -0.05) is 6.07 Å². The molecule has 0 saturated carbocycles. The van der Waals surface area contributed by atoms with Gasteiger partial charge in [-0.25, -0.2) is 0 Å². The number of rotatable bonds is 11. The lowest BCUT2D eigenvalue weighted by atomic mass is 10.1. The van der Waals surface area contributed by atoms with Gasteiger partial charge in [0.05, 0.1) is 19.8 Å². The van der Waals surface area contributed by atoms with E-state index in [1.165, 1.54) is 44.2 Å². The average molecular weight is 559 g/mol. The molecule has 0 aliphatic carbocycles. The van der Waals surface area contributed by atoms with Crippen LogP contribution >= 0.6 is 0 Å². The van der Waals surface area contributed by atoms with Gasteiger partial charge in [0, 0.05) is 29.9 Å². The fourth-order valence-corrected chi connectivity index (χ4v) is 4.08. The highest BCUT2D eigenvalue weighted by Gasteiger charge is 2.34.